The van der Waals surface area contributed by atoms with Gasteiger partial charge in [0, 0.05) is 5.02 Å². The van der Waals surface area contributed by atoms with Crippen LogP contribution in [0.2, 0.25) is 5.02 Å². The number of benzene rings is 3. The van der Waals surface area contributed by atoms with Gasteiger partial charge in [-0.2, -0.15) is 0 Å². The second-order valence-electron chi connectivity index (χ2n) is 8.06. The average molecular weight is 441 g/mol. The second-order valence-corrected chi connectivity index (χ2v) is 8.47. The van der Waals surface area contributed by atoms with Gasteiger partial charge in [-0.05, 0) is 118 Å². The number of rotatable bonds is 2. The zero-order valence-corrected chi connectivity index (χ0v) is 21.5. The summed E-state index contributed by atoms with van der Waals surface area (Å²) in [4.78, 5) is 0. The van der Waals surface area contributed by atoms with Gasteiger partial charge in [0.1, 0.15) is 11.5 Å². The Morgan fingerprint density at radius 1 is 0.484 bits per heavy atom. The summed E-state index contributed by atoms with van der Waals surface area (Å²) in [7, 11) is 3.35. The highest BCUT2D eigenvalue weighted by molar-refractivity contribution is 6.31. The van der Waals surface area contributed by atoms with E-state index in [2.05, 4.69) is 45.9 Å². The molecule has 3 aromatic carbocycles. The average Bonchev–Trinajstić information content (AvgIpc) is 2.72. The normalized spacial score (nSPS) is 9.77. The Bertz CT molecular complexity index is 926. The van der Waals surface area contributed by atoms with Gasteiger partial charge in [-0.3, -0.25) is 0 Å². The minimum absolute atomic E-state index is 0.856. The molecule has 3 rings (SSSR count). The number of aryl methyl sites for hydroxylation is 8. The SMILES string of the molecule is COc1cc(C)c(OC)cc1C.Cc1cc(C)c(C)cc1C.Cc1ccc(C)c(Cl)c1. The van der Waals surface area contributed by atoms with Gasteiger partial charge in [0.25, 0.3) is 0 Å². The molecule has 3 aromatic rings. The van der Waals surface area contributed by atoms with Gasteiger partial charge in [-0.15, -0.1) is 0 Å². The molecule has 0 fully saturated rings. The molecular formula is C28H37ClO2. The molecule has 0 aliphatic heterocycles. The highest BCUT2D eigenvalue weighted by Gasteiger charge is 2.03. The minimum atomic E-state index is 0.856. The predicted molar refractivity (Wildman–Crippen MR) is 135 cm³/mol. The van der Waals surface area contributed by atoms with E-state index < -0.39 is 0 Å². The summed E-state index contributed by atoms with van der Waals surface area (Å²) in [6.45, 7) is 16.7. The van der Waals surface area contributed by atoms with Crippen LogP contribution in [-0.4, -0.2) is 14.2 Å². The molecule has 0 heterocycles. The van der Waals surface area contributed by atoms with Crippen molar-refractivity contribution in [2.45, 2.75) is 55.4 Å². The smallest absolute Gasteiger partial charge is 0.122 e. The molecular weight excluding hydrogens is 404 g/mol. The molecule has 0 spiro atoms. The fourth-order valence-corrected chi connectivity index (χ4v) is 3.24. The quantitative estimate of drug-likeness (QED) is 0.399. The Morgan fingerprint density at radius 3 is 1.16 bits per heavy atom. The molecule has 2 nitrogen and oxygen atoms in total. The van der Waals surface area contributed by atoms with E-state index >= 15 is 0 Å². The summed E-state index contributed by atoms with van der Waals surface area (Å²) in [5.41, 5.74) is 10.1. The lowest BCUT2D eigenvalue weighted by atomic mass is 10.0. The van der Waals surface area contributed by atoms with E-state index in [1.54, 1.807) is 14.2 Å². The van der Waals surface area contributed by atoms with Crippen LogP contribution in [0.1, 0.15) is 44.5 Å². The van der Waals surface area contributed by atoms with E-state index in [0.29, 0.717) is 0 Å². The van der Waals surface area contributed by atoms with Crippen LogP contribution in [0, 0.1) is 55.4 Å². The van der Waals surface area contributed by atoms with Gasteiger partial charge in [0.05, 0.1) is 14.2 Å². The first kappa shape index (κ1) is 26.6. The summed E-state index contributed by atoms with van der Waals surface area (Å²) < 4.78 is 10.3. The summed E-state index contributed by atoms with van der Waals surface area (Å²) in [5.74, 6) is 1.82. The van der Waals surface area contributed by atoms with E-state index in [4.69, 9.17) is 21.1 Å². The molecule has 0 N–H and O–H groups in total. The van der Waals surface area contributed by atoms with Crippen LogP contribution < -0.4 is 9.47 Å². The van der Waals surface area contributed by atoms with Gasteiger partial charge >= 0.3 is 0 Å². The molecule has 0 amide bonds. The van der Waals surface area contributed by atoms with E-state index in [1.807, 2.05) is 52.0 Å². The van der Waals surface area contributed by atoms with Crippen molar-refractivity contribution in [3.8, 4) is 11.5 Å². The lowest BCUT2D eigenvalue weighted by molar-refractivity contribution is 0.398. The Balaban J connectivity index is 0.000000235. The van der Waals surface area contributed by atoms with Crippen molar-refractivity contribution in [2.24, 2.45) is 0 Å². The van der Waals surface area contributed by atoms with Crippen molar-refractivity contribution in [3.63, 3.8) is 0 Å². The third kappa shape index (κ3) is 8.30. The summed E-state index contributed by atoms with van der Waals surface area (Å²) >= 11 is 5.81. The standard InChI is InChI=1S/C10H14O2.C10H14.C8H9Cl/c1-7-5-10(12-4)8(2)6-9(7)11-3;1-7-5-9(3)10(4)6-8(7)2;1-6-3-4-7(2)8(9)5-6/h5-6H,1-4H3;5-6H,1-4H3;3-5H,1-2H3. The van der Waals surface area contributed by atoms with Crippen molar-refractivity contribution in [1.82, 2.24) is 0 Å². The zero-order valence-electron chi connectivity index (χ0n) is 20.7. The number of halogens is 1. The lowest BCUT2D eigenvalue weighted by Crippen LogP contribution is -1.92. The Morgan fingerprint density at radius 2 is 0.871 bits per heavy atom. The molecule has 0 aliphatic carbocycles. The van der Waals surface area contributed by atoms with Crippen LogP contribution in [0.25, 0.3) is 0 Å². The van der Waals surface area contributed by atoms with Crippen LogP contribution in [0.4, 0.5) is 0 Å². The molecule has 31 heavy (non-hydrogen) atoms. The van der Waals surface area contributed by atoms with Crippen LogP contribution in [0.5, 0.6) is 11.5 Å². The topological polar surface area (TPSA) is 18.5 Å². The van der Waals surface area contributed by atoms with Gasteiger partial charge in [0.15, 0.2) is 0 Å². The number of methoxy groups -OCH3 is 2. The summed E-state index contributed by atoms with van der Waals surface area (Å²) in [6.07, 6.45) is 0. The summed E-state index contributed by atoms with van der Waals surface area (Å²) in [6, 6.07) is 14.5. The maximum absolute atomic E-state index is 5.81. The van der Waals surface area contributed by atoms with Crippen molar-refractivity contribution in [2.75, 3.05) is 14.2 Å². The van der Waals surface area contributed by atoms with Crippen LogP contribution in [-0.2, 0) is 0 Å². The highest BCUT2D eigenvalue weighted by atomic mass is 35.5. The molecule has 0 atom stereocenters. The van der Waals surface area contributed by atoms with E-state index in [9.17, 15) is 0 Å². The van der Waals surface area contributed by atoms with Crippen LogP contribution >= 0.6 is 11.6 Å². The molecule has 3 heteroatoms. The Kier molecular flexibility index (Phi) is 10.6. The lowest BCUT2D eigenvalue weighted by Gasteiger charge is -2.09. The Hall–Kier alpha value is -2.45. The largest absolute Gasteiger partial charge is 0.496 e. The zero-order chi connectivity index (χ0) is 23.7. The monoisotopic (exact) mass is 440 g/mol. The molecule has 0 unspecified atom stereocenters. The van der Waals surface area contributed by atoms with Gasteiger partial charge in [-0.25, -0.2) is 0 Å². The third-order valence-corrected chi connectivity index (χ3v) is 5.76. The molecule has 0 saturated carbocycles. The molecule has 0 saturated heterocycles. The molecule has 0 aromatic heterocycles. The molecule has 0 aliphatic rings. The minimum Gasteiger partial charge on any atom is -0.496 e. The predicted octanol–water partition coefficient (Wildman–Crippen LogP) is 8.20. The molecule has 0 radical (unpaired) electrons. The number of hydrogen-bond acceptors (Lipinski definition) is 2. The van der Waals surface area contributed by atoms with Crippen molar-refractivity contribution >= 4 is 11.6 Å². The van der Waals surface area contributed by atoms with Crippen molar-refractivity contribution in [1.29, 1.82) is 0 Å². The van der Waals surface area contributed by atoms with E-state index in [-0.39, 0.29) is 0 Å². The van der Waals surface area contributed by atoms with Crippen molar-refractivity contribution in [3.05, 3.63) is 92.0 Å². The fourth-order valence-electron chi connectivity index (χ4n) is 3.01. The van der Waals surface area contributed by atoms with E-state index in [1.165, 1.54) is 27.8 Å². The Labute approximate surface area is 194 Å². The van der Waals surface area contributed by atoms with Crippen LogP contribution in [0.3, 0.4) is 0 Å². The van der Waals surface area contributed by atoms with E-state index in [0.717, 1.165) is 33.2 Å². The maximum atomic E-state index is 5.81. The maximum Gasteiger partial charge on any atom is 0.122 e. The first-order valence-corrected chi connectivity index (χ1v) is 10.8. The van der Waals surface area contributed by atoms with Crippen LogP contribution in [0.15, 0.2) is 42.5 Å². The second kappa shape index (κ2) is 12.4. The first-order chi connectivity index (χ1) is 14.5. The fraction of sp³-hybridized carbons (Fsp3) is 0.357. The third-order valence-electron chi connectivity index (χ3n) is 5.35. The molecule has 168 valence electrons. The summed E-state index contributed by atoms with van der Waals surface area (Å²) in [5, 5.41) is 0.856. The number of hydrogen-bond donors (Lipinski definition) is 0. The first-order valence-electron chi connectivity index (χ1n) is 10.5. The van der Waals surface area contributed by atoms with Gasteiger partial charge < -0.3 is 9.47 Å². The van der Waals surface area contributed by atoms with Crippen molar-refractivity contribution < 1.29 is 9.47 Å². The van der Waals surface area contributed by atoms with Gasteiger partial charge in [-0.1, -0.05) is 35.9 Å². The van der Waals surface area contributed by atoms with Gasteiger partial charge in [0.2, 0.25) is 0 Å². The highest BCUT2D eigenvalue weighted by Crippen LogP contribution is 2.27. The molecule has 0 bridgehead atoms. The number of ether oxygens (including phenoxy) is 2.